The Morgan fingerprint density at radius 1 is 1.50 bits per heavy atom. The van der Waals surface area contributed by atoms with E-state index in [1.54, 1.807) is 12.1 Å². The van der Waals surface area contributed by atoms with Crippen LogP contribution in [0.15, 0.2) is 24.3 Å². The quantitative estimate of drug-likeness (QED) is 0.650. The normalized spacial score (nSPS) is 17.9. The van der Waals surface area contributed by atoms with Crippen molar-refractivity contribution in [3.63, 3.8) is 0 Å². The number of nitro benzene ring substituents is 1. The number of rotatable bonds is 4. The lowest BCUT2D eigenvalue weighted by molar-refractivity contribution is -0.384. The van der Waals surface area contributed by atoms with Crippen molar-refractivity contribution in [1.82, 2.24) is 10.6 Å². The lowest BCUT2D eigenvalue weighted by Crippen LogP contribution is -2.46. The molecular weight excluding hydrogens is 282 g/mol. The molecule has 1 atom stereocenters. The maximum absolute atomic E-state index is 11.9. The molecule has 1 saturated heterocycles. The maximum Gasteiger partial charge on any atom is 0.269 e. The Morgan fingerprint density at radius 3 is 2.95 bits per heavy atom. The van der Waals surface area contributed by atoms with Crippen LogP contribution in [0.3, 0.4) is 0 Å². The van der Waals surface area contributed by atoms with Crippen LogP contribution in [-0.4, -0.2) is 30.0 Å². The van der Waals surface area contributed by atoms with Crippen molar-refractivity contribution < 1.29 is 9.72 Å². The maximum atomic E-state index is 11.9. The van der Waals surface area contributed by atoms with E-state index in [0.717, 1.165) is 25.9 Å². The minimum absolute atomic E-state index is 0. The van der Waals surface area contributed by atoms with E-state index < -0.39 is 4.92 Å². The summed E-state index contributed by atoms with van der Waals surface area (Å²) < 4.78 is 0. The molecule has 0 spiro atoms. The number of amides is 1. The Balaban J connectivity index is 0.00000200. The predicted molar refractivity (Wildman–Crippen MR) is 78.1 cm³/mol. The van der Waals surface area contributed by atoms with E-state index in [-0.39, 0.29) is 36.5 Å². The molecule has 1 aromatic rings. The van der Waals surface area contributed by atoms with Gasteiger partial charge in [0.05, 0.1) is 11.3 Å². The van der Waals surface area contributed by atoms with Crippen molar-refractivity contribution in [3.05, 3.63) is 39.9 Å². The molecule has 1 amide bonds. The van der Waals surface area contributed by atoms with Crippen LogP contribution in [-0.2, 0) is 11.2 Å². The molecule has 0 radical (unpaired) electrons. The van der Waals surface area contributed by atoms with Gasteiger partial charge in [0.25, 0.3) is 5.69 Å². The Bertz CT molecular complexity index is 476. The first-order valence-corrected chi connectivity index (χ1v) is 6.38. The van der Waals surface area contributed by atoms with Gasteiger partial charge in [0.15, 0.2) is 0 Å². The highest BCUT2D eigenvalue weighted by molar-refractivity contribution is 5.85. The minimum atomic E-state index is -0.452. The number of benzene rings is 1. The molecule has 0 aliphatic carbocycles. The second-order valence-electron chi connectivity index (χ2n) is 4.71. The Kier molecular flexibility index (Phi) is 6.41. The van der Waals surface area contributed by atoms with Gasteiger partial charge < -0.3 is 10.6 Å². The molecule has 2 rings (SSSR count). The van der Waals surface area contributed by atoms with E-state index in [1.165, 1.54) is 12.1 Å². The first-order valence-electron chi connectivity index (χ1n) is 6.38. The smallest absolute Gasteiger partial charge is 0.269 e. The highest BCUT2D eigenvalue weighted by atomic mass is 35.5. The number of carbonyl (C=O) groups excluding carboxylic acids is 1. The first kappa shape index (κ1) is 16.4. The molecule has 1 unspecified atom stereocenters. The fourth-order valence-electron chi connectivity index (χ4n) is 2.22. The number of piperidine rings is 1. The molecule has 1 aliphatic heterocycles. The van der Waals surface area contributed by atoms with Crippen molar-refractivity contribution in [2.24, 2.45) is 0 Å². The van der Waals surface area contributed by atoms with E-state index in [9.17, 15) is 14.9 Å². The van der Waals surface area contributed by atoms with Crippen molar-refractivity contribution in [2.45, 2.75) is 25.3 Å². The third kappa shape index (κ3) is 4.79. The molecule has 1 aliphatic rings. The van der Waals surface area contributed by atoms with Crippen LogP contribution in [0, 0.1) is 10.1 Å². The predicted octanol–water partition coefficient (Wildman–Crippen LogP) is 1.43. The van der Waals surface area contributed by atoms with E-state index in [1.807, 2.05) is 0 Å². The van der Waals surface area contributed by atoms with Crippen LogP contribution in [0.25, 0.3) is 0 Å². The van der Waals surface area contributed by atoms with Crippen LogP contribution >= 0.6 is 12.4 Å². The number of hydrogen-bond donors (Lipinski definition) is 2. The Morgan fingerprint density at radius 2 is 2.30 bits per heavy atom. The zero-order valence-corrected chi connectivity index (χ0v) is 11.8. The zero-order valence-electron chi connectivity index (χ0n) is 11.0. The summed E-state index contributed by atoms with van der Waals surface area (Å²) >= 11 is 0. The van der Waals surface area contributed by atoms with Gasteiger partial charge in [0.2, 0.25) is 5.91 Å². The Labute approximate surface area is 123 Å². The Hall–Kier alpha value is -1.66. The zero-order chi connectivity index (χ0) is 13.7. The summed E-state index contributed by atoms with van der Waals surface area (Å²) in [7, 11) is 0. The first-order chi connectivity index (χ1) is 9.15. The molecule has 7 heteroatoms. The summed E-state index contributed by atoms with van der Waals surface area (Å²) in [6.07, 6.45) is 2.22. The van der Waals surface area contributed by atoms with Gasteiger partial charge in [-0.1, -0.05) is 12.1 Å². The summed E-state index contributed by atoms with van der Waals surface area (Å²) in [4.78, 5) is 22.1. The van der Waals surface area contributed by atoms with E-state index in [2.05, 4.69) is 10.6 Å². The van der Waals surface area contributed by atoms with Gasteiger partial charge in [-0.2, -0.15) is 0 Å². The van der Waals surface area contributed by atoms with Crippen LogP contribution in [0.2, 0.25) is 0 Å². The number of nitrogens with one attached hydrogen (secondary N) is 2. The van der Waals surface area contributed by atoms with Crippen LogP contribution < -0.4 is 10.6 Å². The molecule has 1 fully saturated rings. The fourth-order valence-corrected chi connectivity index (χ4v) is 2.22. The van der Waals surface area contributed by atoms with Crippen molar-refractivity contribution in [1.29, 1.82) is 0 Å². The second kappa shape index (κ2) is 7.81. The lowest BCUT2D eigenvalue weighted by atomic mass is 10.1. The van der Waals surface area contributed by atoms with Gasteiger partial charge in [-0.25, -0.2) is 0 Å². The molecular formula is C13H18ClN3O3. The van der Waals surface area contributed by atoms with Crippen LogP contribution in [0.4, 0.5) is 5.69 Å². The second-order valence-corrected chi connectivity index (χ2v) is 4.71. The standard InChI is InChI=1S/C13H17N3O3.ClH/c17-13(15-11-4-2-6-14-9-11)8-10-3-1-5-12(7-10)16(18)19;/h1,3,5,7,11,14H,2,4,6,8-9H2,(H,15,17);1H. The highest BCUT2D eigenvalue weighted by Gasteiger charge is 2.16. The number of nitrogens with zero attached hydrogens (tertiary/aromatic N) is 1. The van der Waals surface area contributed by atoms with Crippen molar-refractivity contribution in [3.8, 4) is 0 Å². The van der Waals surface area contributed by atoms with E-state index in [4.69, 9.17) is 0 Å². The van der Waals surface area contributed by atoms with E-state index in [0.29, 0.717) is 5.56 Å². The molecule has 110 valence electrons. The van der Waals surface area contributed by atoms with Gasteiger partial charge in [0.1, 0.15) is 0 Å². The minimum Gasteiger partial charge on any atom is -0.352 e. The number of carbonyl (C=O) groups is 1. The van der Waals surface area contributed by atoms with Gasteiger partial charge in [-0.3, -0.25) is 14.9 Å². The van der Waals surface area contributed by atoms with Gasteiger partial charge >= 0.3 is 0 Å². The molecule has 0 saturated carbocycles. The molecule has 6 nitrogen and oxygen atoms in total. The summed E-state index contributed by atoms with van der Waals surface area (Å²) in [5.74, 6) is -0.0887. The van der Waals surface area contributed by atoms with Crippen LogP contribution in [0.5, 0.6) is 0 Å². The largest absolute Gasteiger partial charge is 0.352 e. The van der Waals surface area contributed by atoms with Crippen molar-refractivity contribution >= 4 is 24.0 Å². The molecule has 20 heavy (non-hydrogen) atoms. The van der Waals surface area contributed by atoms with E-state index >= 15 is 0 Å². The highest BCUT2D eigenvalue weighted by Crippen LogP contribution is 2.13. The molecule has 1 heterocycles. The summed E-state index contributed by atoms with van der Waals surface area (Å²) in [6, 6.07) is 6.36. The molecule has 1 aromatic carbocycles. The van der Waals surface area contributed by atoms with Crippen molar-refractivity contribution in [2.75, 3.05) is 13.1 Å². The summed E-state index contributed by atoms with van der Waals surface area (Å²) in [5, 5.41) is 16.8. The third-order valence-corrected chi connectivity index (χ3v) is 3.15. The van der Waals surface area contributed by atoms with Gasteiger partial charge in [-0.05, 0) is 24.9 Å². The monoisotopic (exact) mass is 299 g/mol. The third-order valence-electron chi connectivity index (χ3n) is 3.15. The number of halogens is 1. The SMILES string of the molecule is Cl.O=C(Cc1cccc([N+](=O)[O-])c1)NC1CCCNC1. The average molecular weight is 300 g/mol. The van der Waals surface area contributed by atoms with Crippen LogP contribution in [0.1, 0.15) is 18.4 Å². The lowest BCUT2D eigenvalue weighted by Gasteiger charge is -2.23. The number of non-ortho nitro benzene ring substituents is 1. The number of nitro groups is 1. The molecule has 0 aromatic heterocycles. The summed E-state index contributed by atoms with van der Waals surface area (Å²) in [6.45, 7) is 1.79. The average Bonchev–Trinajstić information content (AvgIpc) is 2.40. The molecule has 2 N–H and O–H groups in total. The fraction of sp³-hybridized carbons (Fsp3) is 0.462. The van der Waals surface area contributed by atoms with Gasteiger partial charge in [-0.15, -0.1) is 12.4 Å². The summed E-state index contributed by atoms with van der Waals surface area (Å²) in [5.41, 5.74) is 0.681. The number of hydrogen-bond acceptors (Lipinski definition) is 4. The van der Waals surface area contributed by atoms with Gasteiger partial charge in [0, 0.05) is 24.7 Å². The molecule has 0 bridgehead atoms. The topological polar surface area (TPSA) is 84.3 Å².